The molecule has 0 bridgehead atoms. The first kappa shape index (κ1) is 19.6. The van der Waals surface area contributed by atoms with Crippen LogP contribution in [-0.2, 0) is 27.4 Å². The van der Waals surface area contributed by atoms with Crippen LogP contribution in [-0.4, -0.2) is 23.6 Å². The Kier molecular flexibility index (Phi) is 5.80. The molecule has 146 valence electrons. The van der Waals surface area contributed by atoms with Gasteiger partial charge in [-0.2, -0.15) is 0 Å². The average Bonchev–Trinajstić information content (AvgIpc) is 2.93. The van der Waals surface area contributed by atoms with Gasteiger partial charge in [-0.3, -0.25) is 10.1 Å². The number of hydrogen-bond donors (Lipinski definition) is 2. The monoisotopic (exact) mass is 379 g/mol. The zero-order valence-corrected chi connectivity index (χ0v) is 16.4. The van der Waals surface area contributed by atoms with Gasteiger partial charge in [0.15, 0.2) is 0 Å². The molecule has 3 aromatic rings. The number of hydrogen-bond acceptors (Lipinski definition) is 4. The fourth-order valence-corrected chi connectivity index (χ4v) is 3.59. The Morgan fingerprint density at radius 3 is 2.57 bits per heavy atom. The van der Waals surface area contributed by atoms with E-state index in [1.165, 1.54) is 7.11 Å². The highest BCUT2D eigenvalue weighted by molar-refractivity contribution is 5.87. The lowest BCUT2D eigenvalue weighted by Gasteiger charge is -2.18. The Morgan fingerprint density at radius 1 is 1.14 bits per heavy atom. The second kappa shape index (κ2) is 8.27. The second-order valence-electron chi connectivity index (χ2n) is 6.88. The number of amides is 1. The van der Waals surface area contributed by atoms with Crippen molar-refractivity contribution in [1.82, 2.24) is 9.88 Å². The minimum atomic E-state index is -0.581. The molecular weight excluding hydrogens is 354 g/mol. The molecule has 6 nitrogen and oxygen atoms in total. The lowest BCUT2D eigenvalue weighted by molar-refractivity contribution is -0.143. The molecule has 1 heterocycles. The normalized spacial score (nSPS) is 12.1. The number of aromatic nitrogens is 1. The smallest absolute Gasteiger partial charge is 0.327 e. The van der Waals surface area contributed by atoms with E-state index in [-0.39, 0.29) is 12.5 Å². The van der Waals surface area contributed by atoms with Crippen LogP contribution in [0.2, 0.25) is 0 Å². The molecule has 0 radical (unpaired) electrons. The molecule has 0 spiro atoms. The number of ether oxygens (including phenoxy) is 1. The SMILES string of the molecule is COC(=O)[C@H](NCc1c(C)n(CC(N)=O)c2ccccc12)c1cccc(C)c1. The Hall–Kier alpha value is -3.12. The summed E-state index contributed by atoms with van der Waals surface area (Å²) >= 11 is 0. The number of carbonyl (C=O) groups excluding carboxylic acids is 2. The summed E-state index contributed by atoms with van der Waals surface area (Å²) in [5, 5.41) is 4.36. The summed E-state index contributed by atoms with van der Waals surface area (Å²) < 4.78 is 6.91. The van der Waals surface area contributed by atoms with Gasteiger partial charge < -0.3 is 15.0 Å². The van der Waals surface area contributed by atoms with Crippen molar-refractivity contribution in [2.75, 3.05) is 7.11 Å². The van der Waals surface area contributed by atoms with Gasteiger partial charge in [0.1, 0.15) is 12.6 Å². The molecule has 0 fully saturated rings. The van der Waals surface area contributed by atoms with Gasteiger partial charge >= 0.3 is 5.97 Å². The van der Waals surface area contributed by atoms with Gasteiger partial charge in [0, 0.05) is 23.1 Å². The van der Waals surface area contributed by atoms with Crippen LogP contribution in [0.1, 0.15) is 28.4 Å². The number of nitrogens with two attached hydrogens (primary N) is 1. The number of benzene rings is 2. The van der Waals surface area contributed by atoms with Crippen LogP contribution < -0.4 is 11.1 Å². The molecule has 0 aliphatic rings. The highest BCUT2D eigenvalue weighted by Crippen LogP contribution is 2.27. The predicted octanol–water partition coefficient (Wildman–Crippen LogP) is 2.75. The maximum Gasteiger partial charge on any atom is 0.327 e. The summed E-state index contributed by atoms with van der Waals surface area (Å²) in [6.45, 7) is 4.51. The van der Waals surface area contributed by atoms with Crippen LogP contribution in [0.5, 0.6) is 0 Å². The summed E-state index contributed by atoms with van der Waals surface area (Å²) in [6.07, 6.45) is 0. The summed E-state index contributed by atoms with van der Waals surface area (Å²) in [6, 6.07) is 15.1. The molecule has 0 saturated heterocycles. The minimum absolute atomic E-state index is 0.116. The number of nitrogens with zero attached hydrogens (tertiary/aromatic N) is 1. The molecule has 3 rings (SSSR count). The maximum absolute atomic E-state index is 12.4. The number of nitrogens with one attached hydrogen (secondary N) is 1. The fourth-order valence-electron chi connectivity index (χ4n) is 3.59. The van der Waals surface area contributed by atoms with Crippen LogP contribution in [0.4, 0.5) is 0 Å². The quantitative estimate of drug-likeness (QED) is 0.618. The average molecular weight is 379 g/mol. The number of fused-ring (bicyclic) bond motifs is 1. The Morgan fingerprint density at radius 2 is 1.89 bits per heavy atom. The summed E-state index contributed by atoms with van der Waals surface area (Å²) in [5.41, 5.74) is 10.3. The Labute approximate surface area is 164 Å². The first-order chi connectivity index (χ1) is 13.4. The van der Waals surface area contributed by atoms with E-state index in [2.05, 4.69) is 5.32 Å². The highest BCUT2D eigenvalue weighted by Gasteiger charge is 2.23. The third-order valence-corrected chi connectivity index (χ3v) is 4.97. The zero-order chi connectivity index (χ0) is 20.3. The van der Waals surface area contributed by atoms with Crippen LogP contribution in [0.25, 0.3) is 10.9 Å². The van der Waals surface area contributed by atoms with Gasteiger partial charge in [-0.1, -0.05) is 48.0 Å². The Balaban J connectivity index is 1.96. The van der Waals surface area contributed by atoms with Crippen molar-refractivity contribution in [1.29, 1.82) is 0 Å². The van der Waals surface area contributed by atoms with E-state index in [4.69, 9.17) is 10.5 Å². The van der Waals surface area contributed by atoms with Crippen molar-refractivity contribution in [3.05, 3.63) is 70.9 Å². The molecule has 6 heteroatoms. The molecule has 1 atom stereocenters. The molecule has 3 N–H and O–H groups in total. The van der Waals surface area contributed by atoms with E-state index < -0.39 is 11.9 Å². The number of para-hydroxylation sites is 1. The van der Waals surface area contributed by atoms with Gasteiger partial charge in [0.2, 0.25) is 5.91 Å². The van der Waals surface area contributed by atoms with Crippen molar-refractivity contribution in [2.24, 2.45) is 5.73 Å². The number of aryl methyl sites for hydroxylation is 1. The number of primary amides is 1. The van der Waals surface area contributed by atoms with E-state index in [0.717, 1.165) is 33.3 Å². The lowest BCUT2D eigenvalue weighted by Crippen LogP contribution is -2.29. The molecule has 0 saturated carbocycles. The third kappa shape index (κ3) is 3.92. The van der Waals surface area contributed by atoms with Crippen molar-refractivity contribution in [3.8, 4) is 0 Å². The van der Waals surface area contributed by atoms with Gasteiger partial charge in [-0.05, 0) is 31.0 Å². The largest absolute Gasteiger partial charge is 0.468 e. The topological polar surface area (TPSA) is 86.3 Å². The first-order valence-corrected chi connectivity index (χ1v) is 9.15. The molecule has 0 aliphatic carbocycles. The molecule has 1 aromatic heterocycles. The first-order valence-electron chi connectivity index (χ1n) is 9.15. The maximum atomic E-state index is 12.4. The van der Waals surface area contributed by atoms with Crippen molar-refractivity contribution in [2.45, 2.75) is 33.0 Å². The number of esters is 1. The molecular formula is C22H25N3O3. The summed E-state index contributed by atoms with van der Waals surface area (Å²) in [7, 11) is 1.39. The van der Waals surface area contributed by atoms with E-state index in [9.17, 15) is 9.59 Å². The van der Waals surface area contributed by atoms with E-state index in [0.29, 0.717) is 6.54 Å². The number of rotatable bonds is 7. The van der Waals surface area contributed by atoms with Crippen LogP contribution in [0.3, 0.4) is 0 Å². The van der Waals surface area contributed by atoms with Crippen LogP contribution in [0.15, 0.2) is 48.5 Å². The van der Waals surface area contributed by atoms with Gasteiger partial charge in [-0.25, -0.2) is 4.79 Å². The standard InChI is InChI=1S/C22H25N3O3/c1-14-7-6-8-16(11-14)21(22(27)28-3)24-12-18-15(2)25(13-20(23)26)19-10-5-4-9-17(18)19/h4-11,21,24H,12-13H2,1-3H3,(H2,23,26)/t21-/m1/s1. The number of carbonyl (C=O) groups is 2. The summed E-state index contributed by atoms with van der Waals surface area (Å²) in [4.78, 5) is 23.9. The third-order valence-electron chi connectivity index (χ3n) is 4.97. The molecule has 2 aromatic carbocycles. The van der Waals surface area contributed by atoms with Crippen LogP contribution in [0, 0.1) is 13.8 Å². The Bertz CT molecular complexity index is 1020. The lowest BCUT2D eigenvalue weighted by atomic mass is 10.0. The van der Waals surface area contributed by atoms with Gasteiger partial charge in [-0.15, -0.1) is 0 Å². The van der Waals surface area contributed by atoms with Gasteiger partial charge in [0.25, 0.3) is 0 Å². The second-order valence-corrected chi connectivity index (χ2v) is 6.88. The molecule has 0 aliphatic heterocycles. The van der Waals surface area contributed by atoms with Crippen molar-refractivity contribution in [3.63, 3.8) is 0 Å². The zero-order valence-electron chi connectivity index (χ0n) is 16.4. The number of methoxy groups -OCH3 is 1. The fraction of sp³-hybridized carbons (Fsp3) is 0.273. The van der Waals surface area contributed by atoms with Crippen molar-refractivity contribution < 1.29 is 14.3 Å². The van der Waals surface area contributed by atoms with E-state index in [1.54, 1.807) is 0 Å². The predicted molar refractivity (Wildman–Crippen MR) is 109 cm³/mol. The van der Waals surface area contributed by atoms with Crippen molar-refractivity contribution >= 4 is 22.8 Å². The minimum Gasteiger partial charge on any atom is -0.468 e. The summed E-state index contributed by atoms with van der Waals surface area (Å²) in [5.74, 6) is -0.736. The van der Waals surface area contributed by atoms with Gasteiger partial charge in [0.05, 0.1) is 7.11 Å². The molecule has 1 amide bonds. The van der Waals surface area contributed by atoms with Crippen LogP contribution >= 0.6 is 0 Å². The van der Waals surface area contributed by atoms with E-state index in [1.807, 2.05) is 66.9 Å². The molecule has 28 heavy (non-hydrogen) atoms. The molecule has 0 unspecified atom stereocenters. The highest BCUT2D eigenvalue weighted by atomic mass is 16.5. The van der Waals surface area contributed by atoms with E-state index >= 15 is 0 Å².